The van der Waals surface area contributed by atoms with Crippen LogP contribution in [0.2, 0.25) is 0 Å². The molecular formula is C15H27N3S. The Morgan fingerprint density at radius 2 is 1.95 bits per heavy atom. The van der Waals surface area contributed by atoms with Crippen molar-refractivity contribution in [2.45, 2.75) is 45.9 Å². The van der Waals surface area contributed by atoms with E-state index in [4.69, 9.17) is 4.98 Å². The highest BCUT2D eigenvalue weighted by Gasteiger charge is 2.09. The second-order valence-electron chi connectivity index (χ2n) is 5.38. The number of nitrogens with one attached hydrogen (secondary N) is 1. The van der Waals surface area contributed by atoms with E-state index in [0.29, 0.717) is 12.1 Å². The van der Waals surface area contributed by atoms with Crippen LogP contribution >= 0.6 is 11.8 Å². The minimum absolute atomic E-state index is 0.495. The minimum Gasteiger partial charge on any atom is -0.309 e. The molecule has 0 aromatic carbocycles. The maximum Gasteiger partial charge on any atom is 0.0547 e. The van der Waals surface area contributed by atoms with E-state index >= 15 is 0 Å². The third-order valence-corrected chi connectivity index (χ3v) is 3.94. The van der Waals surface area contributed by atoms with E-state index in [0.717, 1.165) is 30.2 Å². The number of hydrogen-bond donors (Lipinski definition) is 1. The quantitative estimate of drug-likeness (QED) is 0.793. The number of nitrogens with zero attached hydrogens (tertiary/aromatic N) is 2. The van der Waals surface area contributed by atoms with Gasteiger partial charge < -0.3 is 5.32 Å². The topological polar surface area (TPSA) is 28.2 Å². The Morgan fingerprint density at radius 3 is 2.58 bits per heavy atom. The lowest BCUT2D eigenvalue weighted by molar-refractivity contribution is 0.266. The lowest BCUT2D eigenvalue weighted by atomic mass is 10.2. The summed E-state index contributed by atoms with van der Waals surface area (Å²) in [7, 11) is 2.17. The molecule has 108 valence electrons. The van der Waals surface area contributed by atoms with Crippen LogP contribution in [0.25, 0.3) is 0 Å². The molecule has 0 spiro atoms. The zero-order valence-electron chi connectivity index (χ0n) is 12.8. The maximum absolute atomic E-state index is 4.72. The Balaban J connectivity index is 2.56. The Labute approximate surface area is 122 Å². The van der Waals surface area contributed by atoms with Crippen molar-refractivity contribution in [3.63, 3.8) is 0 Å². The summed E-state index contributed by atoms with van der Waals surface area (Å²) in [6.45, 7) is 8.33. The van der Waals surface area contributed by atoms with Gasteiger partial charge in [0.2, 0.25) is 0 Å². The Kier molecular flexibility index (Phi) is 7.42. The fraction of sp³-hybridized carbons (Fsp3) is 0.667. The van der Waals surface area contributed by atoms with Crippen molar-refractivity contribution in [2.24, 2.45) is 0 Å². The molecule has 1 atom stereocenters. The van der Waals surface area contributed by atoms with Gasteiger partial charge >= 0.3 is 0 Å². The summed E-state index contributed by atoms with van der Waals surface area (Å²) in [5.74, 6) is 1.16. The molecule has 0 aliphatic heterocycles. The summed E-state index contributed by atoms with van der Waals surface area (Å²) < 4.78 is 0. The van der Waals surface area contributed by atoms with Gasteiger partial charge in [-0.2, -0.15) is 11.8 Å². The molecular weight excluding hydrogens is 254 g/mol. The second-order valence-corrected chi connectivity index (χ2v) is 6.29. The summed E-state index contributed by atoms with van der Waals surface area (Å²) in [4.78, 5) is 7.08. The zero-order valence-corrected chi connectivity index (χ0v) is 13.6. The van der Waals surface area contributed by atoms with Crippen LogP contribution < -0.4 is 5.32 Å². The van der Waals surface area contributed by atoms with Crippen molar-refractivity contribution < 1.29 is 0 Å². The molecule has 1 N–H and O–H groups in total. The third kappa shape index (κ3) is 6.41. The molecule has 1 aromatic heterocycles. The van der Waals surface area contributed by atoms with Gasteiger partial charge in [0.15, 0.2) is 0 Å². The van der Waals surface area contributed by atoms with Crippen molar-refractivity contribution in [1.29, 1.82) is 0 Å². The lowest BCUT2D eigenvalue weighted by Crippen LogP contribution is -2.31. The van der Waals surface area contributed by atoms with E-state index in [-0.39, 0.29) is 0 Å². The van der Waals surface area contributed by atoms with Crippen LogP contribution in [0.3, 0.4) is 0 Å². The first kappa shape index (κ1) is 16.5. The fourth-order valence-electron chi connectivity index (χ4n) is 1.80. The van der Waals surface area contributed by atoms with E-state index in [9.17, 15) is 0 Å². The largest absolute Gasteiger partial charge is 0.309 e. The number of thioether (sulfide) groups is 1. The number of rotatable bonds is 8. The van der Waals surface area contributed by atoms with Gasteiger partial charge in [0.05, 0.1) is 11.4 Å². The molecule has 4 heteroatoms. The van der Waals surface area contributed by atoms with Crippen LogP contribution in [0.4, 0.5) is 0 Å². The van der Waals surface area contributed by atoms with Gasteiger partial charge in [0.1, 0.15) is 0 Å². The zero-order chi connectivity index (χ0) is 14.3. The normalized spacial score (nSPS) is 13.2. The molecule has 0 aliphatic rings. The molecule has 1 unspecified atom stereocenters. The van der Waals surface area contributed by atoms with Crippen LogP contribution in [0.15, 0.2) is 18.2 Å². The van der Waals surface area contributed by atoms with Crippen molar-refractivity contribution in [3.8, 4) is 0 Å². The van der Waals surface area contributed by atoms with E-state index in [1.165, 1.54) is 0 Å². The number of pyridine rings is 1. The van der Waals surface area contributed by atoms with Gasteiger partial charge in [-0.05, 0) is 32.4 Å². The molecule has 0 bridgehead atoms. The van der Waals surface area contributed by atoms with Gasteiger partial charge in [0, 0.05) is 30.9 Å². The van der Waals surface area contributed by atoms with Crippen LogP contribution in [-0.2, 0) is 13.1 Å². The summed E-state index contributed by atoms with van der Waals surface area (Å²) in [5, 5.41) is 3.41. The molecule has 0 saturated carbocycles. The molecule has 0 radical (unpaired) electrons. The molecule has 0 fully saturated rings. The monoisotopic (exact) mass is 281 g/mol. The van der Waals surface area contributed by atoms with E-state index in [2.05, 4.69) is 62.5 Å². The van der Waals surface area contributed by atoms with Gasteiger partial charge in [0.25, 0.3) is 0 Å². The lowest BCUT2D eigenvalue weighted by Gasteiger charge is -2.23. The first-order chi connectivity index (χ1) is 9.02. The summed E-state index contributed by atoms with van der Waals surface area (Å²) in [6, 6.07) is 7.38. The Hall–Kier alpha value is -0.580. The highest BCUT2D eigenvalue weighted by Crippen LogP contribution is 2.08. The summed E-state index contributed by atoms with van der Waals surface area (Å²) in [5.41, 5.74) is 2.27. The molecule has 1 rings (SSSR count). The maximum atomic E-state index is 4.72. The molecule has 3 nitrogen and oxygen atoms in total. The Morgan fingerprint density at radius 1 is 1.26 bits per heavy atom. The highest BCUT2D eigenvalue weighted by molar-refractivity contribution is 7.98. The van der Waals surface area contributed by atoms with Crippen molar-refractivity contribution in [1.82, 2.24) is 15.2 Å². The number of hydrogen-bond acceptors (Lipinski definition) is 4. The first-order valence-corrected chi connectivity index (χ1v) is 8.29. The molecule has 0 saturated heterocycles. The molecule has 1 aromatic rings. The Bertz CT molecular complexity index is 368. The first-order valence-electron chi connectivity index (χ1n) is 6.90. The summed E-state index contributed by atoms with van der Waals surface area (Å²) in [6.07, 6.45) is 2.15. The molecule has 0 amide bonds. The number of aromatic nitrogens is 1. The van der Waals surface area contributed by atoms with Crippen molar-refractivity contribution in [2.75, 3.05) is 19.1 Å². The molecule has 1 heterocycles. The molecule has 0 aliphatic carbocycles. The summed E-state index contributed by atoms with van der Waals surface area (Å²) >= 11 is 1.89. The standard InChI is InChI=1S/C15H27N3S/c1-12(2)16-9-14-7-6-8-15(17-14)10-18(4)13(3)11-19-5/h6-8,12-13,16H,9-11H2,1-5H3. The predicted molar refractivity (Wildman–Crippen MR) is 85.5 cm³/mol. The van der Waals surface area contributed by atoms with Crippen LogP contribution in [0.1, 0.15) is 32.2 Å². The SMILES string of the molecule is CSCC(C)N(C)Cc1cccc(CNC(C)C)n1. The van der Waals surface area contributed by atoms with E-state index in [1.807, 2.05) is 11.8 Å². The second kappa shape index (κ2) is 8.56. The van der Waals surface area contributed by atoms with Crippen molar-refractivity contribution in [3.05, 3.63) is 29.6 Å². The van der Waals surface area contributed by atoms with Crippen LogP contribution in [-0.4, -0.2) is 41.0 Å². The average molecular weight is 281 g/mol. The van der Waals surface area contributed by atoms with Gasteiger partial charge in [-0.1, -0.05) is 19.9 Å². The van der Waals surface area contributed by atoms with Gasteiger partial charge in [-0.25, -0.2) is 0 Å². The van der Waals surface area contributed by atoms with Gasteiger partial charge in [-0.15, -0.1) is 0 Å². The fourth-order valence-corrected chi connectivity index (χ4v) is 2.54. The van der Waals surface area contributed by atoms with E-state index in [1.54, 1.807) is 0 Å². The highest BCUT2D eigenvalue weighted by atomic mass is 32.2. The average Bonchev–Trinajstić information content (AvgIpc) is 2.37. The smallest absolute Gasteiger partial charge is 0.0547 e. The van der Waals surface area contributed by atoms with Crippen molar-refractivity contribution >= 4 is 11.8 Å². The third-order valence-electron chi connectivity index (χ3n) is 3.13. The molecule has 19 heavy (non-hydrogen) atoms. The van der Waals surface area contributed by atoms with Crippen LogP contribution in [0.5, 0.6) is 0 Å². The minimum atomic E-state index is 0.495. The van der Waals surface area contributed by atoms with Gasteiger partial charge in [-0.3, -0.25) is 9.88 Å². The van der Waals surface area contributed by atoms with E-state index < -0.39 is 0 Å². The van der Waals surface area contributed by atoms with Crippen LogP contribution in [0, 0.1) is 0 Å². The predicted octanol–water partition coefficient (Wildman–Crippen LogP) is 2.76.